The number of rotatable bonds is 4. The fraction of sp³-hybridized carbons (Fsp3) is 0.250. The number of nitro groups is 1. The molecule has 2 aliphatic rings. The zero-order chi connectivity index (χ0) is 21.7. The van der Waals surface area contributed by atoms with Crippen LogP contribution in [0.15, 0.2) is 47.2 Å². The van der Waals surface area contributed by atoms with Gasteiger partial charge >= 0.3 is 5.69 Å². The number of allylic oxidation sites excluding steroid dienone is 2. The quantitative estimate of drug-likeness (QED) is 0.467. The number of ether oxygens (including phenoxy) is 1. The number of phenols is 1. The number of nitro benzene ring substituents is 1. The number of benzene rings is 1. The molecule has 1 aliphatic heterocycles. The van der Waals surface area contributed by atoms with Crippen molar-refractivity contribution < 1.29 is 19.6 Å². The number of hydrogen-bond acceptors (Lipinski definition) is 9. The maximum atomic E-state index is 13.3. The van der Waals surface area contributed by atoms with Gasteiger partial charge in [0.2, 0.25) is 11.7 Å². The largest absolute Gasteiger partial charge is 0.500 e. The van der Waals surface area contributed by atoms with E-state index in [0.29, 0.717) is 29.9 Å². The second-order valence-corrected chi connectivity index (χ2v) is 8.32. The smallest absolute Gasteiger partial charge is 0.315 e. The van der Waals surface area contributed by atoms with Crippen molar-refractivity contribution in [2.75, 3.05) is 12.4 Å². The van der Waals surface area contributed by atoms with Crippen molar-refractivity contribution in [1.29, 1.82) is 0 Å². The van der Waals surface area contributed by atoms with Gasteiger partial charge in [-0.2, -0.15) is 10.1 Å². The molecule has 2 atom stereocenters. The first-order chi connectivity index (χ1) is 15.0. The Kier molecular flexibility index (Phi) is 4.47. The predicted octanol–water partition coefficient (Wildman–Crippen LogP) is 3.38. The zero-order valence-corrected chi connectivity index (χ0v) is 17.1. The second-order valence-electron chi connectivity index (χ2n) is 7.34. The Balaban J connectivity index is 1.67. The van der Waals surface area contributed by atoms with Crippen LogP contribution in [0.1, 0.15) is 35.2 Å². The number of Topliss-reactive ketones (excluding diaryl/α,β-unsaturated/α-hetero) is 1. The third-order valence-corrected chi connectivity index (χ3v) is 6.65. The van der Waals surface area contributed by atoms with Crippen molar-refractivity contribution in [1.82, 2.24) is 14.8 Å². The topological polar surface area (TPSA) is 132 Å². The highest BCUT2D eigenvalue weighted by atomic mass is 32.1. The zero-order valence-electron chi connectivity index (χ0n) is 16.3. The van der Waals surface area contributed by atoms with Crippen LogP contribution in [-0.4, -0.2) is 37.7 Å². The molecule has 2 aromatic heterocycles. The first-order valence-corrected chi connectivity index (χ1v) is 10.4. The number of carbonyl (C=O) groups excluding carboxylic acids is 1. The fourth-order valence-corrected chi connectivity index (χ4v) is 5.08. The molecule has 0 amide bonds. The van der Waals surface area contributed by atoms with Gasteiger partial charge in [0.25, 0.3) is 0 Å². The van der Waals surface area contributed by atoms with E-state index >= 15 is 0 Å². The number of phenolic OH excluding ortho intramolecular Hbond substituents is 1. The summed E-state index contributed by atoms with van der Waals surface area (Å²) in [4.78, 5) is 29.5. The molecular weight excluding hydrogens is 422 g/mol. The van der Waals surface area contributed by atoms with Crippen LogP contribution < -0.4 is 10.1 Å². The van der Waals surface area contributed by atoms with Crippen molar-refractivity contribution in [3.05, 3.63) is 67.8 Å². The minimum Gasteiger partial charge on any atom is -0.500 e. The molecule has 0 saturated carbocycles. The summed E-state index contributed by atoms with van der Waals surface area (Å²) in [6.45, 7) is 0. The van der Waals surface area contributed by atoms with Gasteiger partial charge in [-0.25, -0.2) is 4.68 Å². The molecule has 0 spiro atoms. The van der Waals surface area contributed by atoms with Gasteiger partial charge in [-0.3, -0.25) is 14.9 Å². The van der Waals surface area contributed by atoms with Gasteiger partial charge in [0.15, 0.2) is 11.5 Å². The number of carbonyl (C=O) groups is 1. The molecule has 0 saturated heterocycles. The molecule has 0 unspecified atom stereocenters. The lowest BCUT2D eigenvalue weighted by Crippen LogP contribution is -2.33. The molecular formula is C20H17N5O5S. The molecule has 10 nitrogen and oxygen atoms in total. The van der Waals surface area contributed by atoms with Crippen LogP contribution in [0.2, 0.25) is 0 Å². The van der Waals surface area contributed by atoms with Crippen LogP contribution >= 0.6 is 11.3 Å². The van der Waals surface area contributed by atoms with Gasteiger partial charge in [0.1, 0.15) is 12.4 Å². The average Bonchev–Trinajstić information content (AvgIpc) is 3.44. The molecule has 3 aromatic rings. The number of hydrogen-bond donors (Lipinski definition) is 2. The van der Waals surface area contributed by atoms with Gasteiger partial charge in [-0.1, -0.05) is 6.07 Å². The lowest BCUT2D eigenvalue weighted by atomic mass is 9.80. The summed E-state index contributed by atoms with van der Waals surface area (Å²) >= 11 is 1.61. The van der Waals surface area contributed by atoms with E-state index in [4.69, 9.17) is 4.74 Å². The van der Waals surface area contributed by atoms with Gasteiger partial charge in [0.05, 0.1) is 12.0 Å². The molecule has 31 heavy (non-hydrogen) atoms. The third-order valence-electron chi connectivity index (χ3n) is 5.62. The number of methoxy groups -OCH3 is 1. The highest BCUT2D eigenvalue weighted by Crippen LogP contribution is 2.47. The molecule has 0 bridgehead atoms. The van der Waals surface area contributed by atoms with E-state index < -0.39 is 22.4 Å². The normalized spacial score (nSPS) is 20.1. The average molecular weight is 439 g/mol. The lowest BCUT2D eigenvalue weighted by molar-refractivity contribution is -0.386. The molecule has 0 radical (unpaired) electrons. The number of anilines is 1. The molecule has 158 valence electrons. The maximum Gasteiger partial charge on any atom is 0.315 e. The van der Waals surface area contributed by atoms with Crippen LogP contribution in [0.4, 0.5) is 11.6 Å². The van der Waals surface area contributed by atoms with Gasteiger partial charge in [-0.05, 0) is 29.5 Å². The SMILES string of the molecule is COc1cc([C@H]2C3=C(C[C@H](c4cccs4)CC3=O)Nc3ncnn32)cc([N+](=O)[O-])c1O. The number of ketones is 1. The van der Waals surface area contributed by atoms with Gasteiger partial charge in [-0.15, -0.1) is 11.3 Å². The molecule has 5 rings (SSSR count). The first-order valence-electron chi connectivity index (χ1n) is 9.49. The number of nitrogens with zero attached hydrogens (tertiary/aromatic N) is 4. The Morgan fingerprint density at radius 1 is 1.39 bits per heavy atom. The maximum absolute atomic E-state index is 13.3. The number of fused-ring (bicyclic) bond motifs is 1. The summed E-state index contributed by atoms with van der Waals surface area (Å²) in [6, 6.07) is 6.00. The Morgan fingerprint density at radius 2 is 2.23 bits per heavy atom. The minimum atomic E-state index is -0.723. The van der Waals surface area contributed by atoms with E-state index in [1.807, 2.05) is 17.5 Å². The minimum absolute atomic E-state index is 0.0498. The van der Waals surface area contributed by atoms with Crippen molar-refractivity contribution in [3.8, 4) is 11.5 Å². The highest BCUT2D eigenvalue weighted by Gasteiger charge is 2.40. The summed E-state index contributed by atoms with van der Waals surface area (Å²) < 4.78 is 6.68. The Bertz CT molecular complexity index is 1230. The highest BCUT2D eigenvalue weighted by molar-refractivity contribution is 7.10. The van der Waals surface area contributed by atoms with Crippen LogP contribution in [0.5, 0.6) is 11.5 Å². The Hall–Kier alpha value is -3.73. The van der Waals surface area contributed by atoms with Crippen LogP contribution in [0.25, 0.3) is 0 Å². The Labute approximate surface area is 180 Å². The summed E-state index contributed by atoms with van der Waals surface area (Å²) in [5, 5.41) is 31.1. The van der Waals surface area contributed by atoms with Crippen molar-refractivity contribution in [2.24, 2.45) is 0 Å². The summed E-state index contributed by atoms with van der Waals surface area (Å²) in [5.74, 6) is -0.180. The van der Waals surface area contributed by atoms with E-state index in [1.54, 1.807) is 11.3 Å². The standard InChI is InChI=1S/C20H17N5O5S/c1-30-15-8-11(6-13(19(15)27)25(28)29)18-17-12(23-20-21-9-22-24(18)20)5-10(7-14(17)26)16-3-2-4-31-16/h2-4,6,8-10,18,27H,5,7H2,1H3,(H,21,22,23)/t10-,18-/m0/s1. The van der Waals surface area contributed by atoms with E-state index in [0.717, 1.165) is 10.6 Å². The van der Waals surface area contributed by atoms with Crippen LogP contribution in [0, 0.1) is 10.1 Å². The third kappa shape index (κ3) is 3.05. The summed E-state index contributed by atoms with van der Waals surface area (Å²) in [7, 11) is 1.31. The van der Waals surface area contributed by atoms with E-state index in [-0.39, 0.29) is 17.5 Å². The van der Waals surface area contributed by atoms with E-state index in [2.05, 4.69) is 15.4 Å². The van der Waals surface area contributed by atoms with E-state index in [9.17, 15) is 20.0 Å². The van der Waals surface area contributed by atoms with Crippen molar-refractivity contribution >= 4 is 28.8 Å². The fourth-order valence-electron chi connectivity index (χ4n) is 4.25. The molecule has 2 N–H and O–H groups in total. The number of nitrogens with one attached hydrogen (secondary N) is 1. The van der Waals surface area contributed by atoms with Crippen LogP contribution in [-0.2, 0) is 4.79 Å². The lowest BCUT2D eigenvalue weighted by Gasteiger charge is -2.34. The Morgan fingerprint density at radius 3 is 2.94 bits per heavy atom. The van der Waals surface area contributed by atoms with Crippen molar-refractivity contribution in [2.45, 2.75) is 24.8 Å². The summed E-state index contributed by atoms with van der Waals surface area (Å²) in [6.07, 6.45) is 2.31. The van der Waals surface area contributed by atoms with Crippen LogP contribution in [0.3, 0.4) is 0 Å². The second kappa shape index (κ2) is 7.20. The number of aromatic hydroxyl groups is 1. The van der Waals surface area contributed by atoms with Gasteiger partial charge in [0, 0.05) is 34.6 Å². The monoisotopic (exact) mass is 439 g/mol. The summed E-state index contributed by atoms with van der Waals surface area (Å²) in [5.41, 5.74) is 1.13. The number of thiophene rings is 1. The van der Waals surface area contributed by atoms with Gasteiger partial charge < -0.3 is 15.2 Å². The molecule has 1 aliphatic carbocycles. The first kappa shape index (κ1) is 19.2. The van der Waals surface area contributed by atoms with Crippen molar-refractivity contribution in [3.63, 3.8) is 0 Å². The predicted molar refractivity (Wildman–Crippen MR) is 111 cm³/mol. The molecule has 0 fully saturated rings. The number of aromatic nitrogens is 3. The molecule has 11 heteroatoms. The van der Waals surface area contributed by atoms with E-state index in [1.165, 1.54) is 30.3 Å². The molecule has 1 aromatic carbocycles. The molecule has 3 heterocycles.